The van der Waals surface area contributed by atoms with Gasteiger partial charge < -0.3 is 10.5 Å². The van der Waals surface area contributed by atoms with Crippen LogP contribution in [-0.2, 0) is 19.6 Å². The summed E-state index contributed by atoms with van der Waals surface area (Å²) in [6, 6.07) is 0. The van der Waals surface area contributed by atoms with E-state index in [1.54, 1.807) is 0 Å². The largest absolute Gasteiger partial charge is 0.366 e. The number of hydrogen-bond donors (Lipinski definition) is 1. The van der Waals surface area contributed by atoms with E-state index in [-0.39, 0.29) is 23.9 Å². The first-order valence-corrected chi connectivity index (χ1v) is 9.08. The summed E-state index contributed by atoms with van der Waals surface area (Å²) in [7, 11) is -3.15. The summed E-state index contributed by atoms with van der Waals surface area (Å²) >= 11 is 0. The van der Waals surface area contributed by atoms with Crippen LogP contribution < -0.4 is 5.73 Å². The van der Waals surface area contributed by atoms with E-state index < -0.39 is 10.0 Å². The van der Waals surface area contributed by atoms with Crippen molar-refractivity contribution in [3.8, 4) is 0 Å². The number of sulfonamides is 1. The third-order valence-corrected chi connectivity index (χ3v) is 5.44. The molecule has 0 aromatic carbocycles. The number of ketones is 1. The molecule has 2 heterocycles. The Morgan fingerprint density at radius 2 is 2.10 bits per heavy atom. The third kappa shape index (κ3) is 4.00. The molecule has 3 unspecified atom stereocenters. The maximum Gasteiger partial charge on any atom is 0.211 e. The van der Waals surface area contributed by atoms with E-state index in [4.69, 9.17) is 10.5 Å². The molecule has 2 rings (SSSR count). The lowest BCUT2D eigenvalue weighted by molar-refractivity contribution is -0.130. The highest BCUT2D eigenvalue weighted by Crippen LogP contribution is 2.26. The van der Waals surface area contributed by atoms with Crippen molar-refractivity contribution in [2.45, 2.75) is 44.3 Å². The molecule has 6 nitrogen and oxygen atoms in total. The first-order chi connectivity index (χ1) is 9.40. The molecule has 2 aliphatic rings. The van der Waals surface area contributed by atoms with E-state index in [2.05, 4.69) is 0 Å². The zero-order valence-electron chi connectivity index (χ0n) is 12.0. The highest BCUT2D eigenvalue weighted by atomic mass is 32.2. The molecule has 0 radical (unpaired) electrons. The van der Waals surface area contributed by atoms with Gasteiger partial charge in [0.1, 0.15) is 6.10 Å². The fraction of sp³-hybridized carbons (Fsp3) is 0.923. The molecule has 0 aliphatic carbocycles. The molecule has 7 heteroatoms. The minimum absolute atomic E-state index is 0.00261. The van der Waals surface area contributed by atoms with E-state index >= 15 is 0 Å². The van der Waals surface area contributed by atoms with Crippen LogP contribution in [0.3, 0.4) is 0 Å². The Morgan fingerprint density at radius 1 is 1.35 bits per heavy atom. The van der Waals surface area contributed by atoms with Gasteiger partial charge >= 0.3 is 0 Å². The zero-order chi connectivity index (χ0) is 14.8. The summed E-state index contributed by atoms with van der Waals surface area (Å²) in [4.78, 5) is 12.2. The maximum atomic E-state index is 12.2. The Morgan fingerprint density at radius 3 is 2.70 bits per heavy atom. The molecule has 0 aromatic rings. The number of nitrogens with zero attached hydrogens (tertiary/aromatic N) is 1. The van der Waals surface area contributed by atoms with Crippen LogP contribution in [0.25, 0.3) is 0 Å². The van der Waals surface area contributed by atoms with Gasteiger partial charge in [0.25, 0.3) is 0 Å². The van der Waals surface area contributed by atoms with Crippen LogP contribution in [0.1, 0.15) is 32.1 Å². The van der Waals surface area contributed by atoms with Gasteiger partial charge in [-0.15, -0.1) is 0 Å². The fourth-order valence-electron chi connectivity index (χ4n) is 3.03. The van der Waals surface area contributed by atoms with Gasteiger partial charge in [-0.2, -0.15) is 0 Å². The smallest absolute Gasteiger partial charge is 0.211 e. The topological polar surface area (TPSA) is 89.7 Å². The number of rotatable bonds is 5. The van der Waals surface area contributed by atoms with Crippen LogP contribution in [0.5, 0.6) is 0 Å². The van der Waals surface area contributed by atoms with Gasteiger partial charge in [-0.1, -0.05) is 0 Å². The highest BCUT2D eigenvalue weighted by molar-refractivity contribution is 7.88. The third-order valence-electron chi connectivity index (χ3n) is 4.17. The second-order valence-electron chi connectivity index (χ2n) is 5.86. The minimum atomic E-state index is -3.15. The van der Waals surface area contributed by atoms with Crippen LogP contribution in [0.15, 0.2) is 0 Å². The Balaban J connectivity index is 1.85. The monoisotopic (exact) mass is 304 g/mol. The zero-order valence-corrected chi connectivity index (χ0v) is 12.8. The normalized spacial score (nSPS) is 32.4. The number of piperidine rings is 1. The second-order valence-corrected chi connectivity index (χ2v) is 7.84. The number of Topliss-reactive ketones (excluding diaryl/α,β-unsaturated/α-hetero) is 1. The highest BCUT2D eigenvalue weighted by Gasteiger charge is 2.33. The molecule has 2 saturated heterocycles. The Bertz CT molecular complexity index is 451. The van der Waals surface area contributed by atoms with Gasteiger partial charge in [0.15, 0.2) is 5.78 Å². The quantitative estimate of drug-likeness (QED) is 0.779. The van der Waals surface area contributed by atoms with E-state index in [1.165, 1.54) is 10.6 Å². The van der Waals surface area contributed by atoms with Gasteiger partial charge in [-0.3, -0.25) is 4.79 Å². The standard InChI is InChI=1S/C13H24N2O4S/c1-20(17,18)15-6-2-3-10(9-15)7-12(16)13-5-4-11(8-14)19-13/h10-11,13H,2-9,14H2,1H3. The molecule has 0 saturated carbocycles. The number of hydrogen-bond acceptors (Lipinski definition) is 5. The van der Waals surface area contributed by atoms with Crippen molar-refractivity contribution in [1.29, 1.82) is 0 Å². The van der Waals surface area contributed by atoms with Crippen LogP contribution in [0, 0.1) is 5.92 Å². The molecule has 0 bridgehead atoms. The molecule has 20 heavy (non-hydrogen) atoms. The van der Waals surface area contributed by atoms with E-state index in [0.717, 1.165) is 25.7 Å². The van der Waals surface area contributed by atoms with Crippen LogP contribution in [0.4, 0.5) is 0 Å². The molecule has 2 fully saturated rings. The van der Waals surface area contributed by atoms with Crippen molar-refractivity contribution in [2.75, 3.05) is 25.9 Å². The lowest BCUT2D eigenvalue weighted by Gasteiger charge is -2.31. The number of ether oxygens (including phenoxy) is 1. The van der Waals surface area contributed by atoms with Crippen molar-refractivity contribution < 1.29 is 17.9 Å². The maximum absolute atomic E-state index is 12.2. The lowest BCUT2D eigenvalue weighted by Crippen LogP contribution is -2.40. The average Bonchev–Trinajstić information content (AvgIpc) is 2.87. The van der Waals surface area contributed by atoms with Crippen molar-refractivity contribution in [2.24, 2.45) is 11.7 Å². The first kappa shape index (κ1) is 15.9. The molecule has 0 aromatic heterocycles. The van der Waals surface area contributed by atoms with Crippen molar-refractivity contribution in [3.63, 3.8) is 0 Å². The molecule has 0 amide bonds. The van der Waals surface area contributed by atoms with E-state index in [0.29, 0.717) is 26.1 Å². The van der Waals surface area contributed by atoms with Crippen LogP contribution >= 0.6 is 0 Å². The fourth-order valence-corrected chi connectivity index (χ4v) is 3.97. The van der Waals surface area contributed by atoms with Crippen molar-refractivity contribution in [3.05, 3.63) is 0 Å². The van der Waals surface area contributed by atoms with Crippen molar-refractivity contribution >= 4 is 15.8 Å². The van der Waals surface area contributed by atoms with Gasteiger partial charge in [0.2, 0.25) is 10.0 Å². The molecule has 2 N–H and O–H groups in total. The van der Waals surface area contributed by atoms with E-state index in [1.807, 2.05) is 0 Å². The van der Waals surface area contributed by atoms with Gasteiger partial charge in [-0.25, -0.2) is 12.7 Å². The first-order valence-electron chi connectivity index (χ1n) is 7.23. The molecule has 0 spiro atoms. The SMILES string of the molecule is CS(=O)(=O)N1CCCC(CC(=O)C2CCC(CN)O2)C1. The lowest BCUT2D eigenvalue weighted by atomic mass is 9.92. The molecule has 2 aliphatic heterocycles. The average molecular weight is 304 g/mol. The predicted molar refractivity (Wildman–Crippen MR) is 75.7 cm³/mol. The summed E-state index contributed by atoms with van der Waals surface area (Å²) in [5.74, 6) is 0.216. The molecular formula is C13H24N2O4S. The van der Waals surface area contributed by atoms with Gasteiger partial charge in [0, 0.05) is 26.1 Å². The number of carbonyl (C=O) groups excluding carboxylic acids is 1. The van der Waals surface area contributed by atoms with Crippen LogP contribution in [-0.4, -0.2) is 56.6 Å². The number of carbonyl (C=O) groups is 1. The summed E-state index contributed by atoms with van der Waals surface area (Å²) < 4.78 is 30.2. The minimum Gasteiger partial charge on any atom is -0.366 e. The predicted octanol–water partition coefficient (Wildman–Crippen LogP) is 0.124. The van der Waals surface area contributed by atoms with E-state index in [9.17, 15) is 13.2 Å². The Hall–Kier alpha value is -0.500. The number of nitrogens with two attached hydrogens (primary N) is 1. The summed E-state index contributed by atoms with van der Waals surface area (Å²) in [5.41, 5.74) is 5.54. The molecule has 3 atom stereocenters. The Kier molecular flexibility index (Phi) is 5.17. The summed E-state index contributed by atoms with van der Waals surface area (Å²) in [5, 5.41) is 0. The summed E-state index contributed by atoms with van der Waals surface area (Å²) in [6.07, 6.45) is 4.61. The molecule has 116 valence electrons. The van der Waals surface area contributed by atoms with Gasteiger partial charge in [0.05, 0.1) is 12.4 Å². The van der Waals surface area contributed by atoms with Crippen LogP contribution in [0.2, 0.25) is 0 Å². The molecular weight excluding hydrogens is 280 g/mol. The second kappa shape index (κ2) is 6.51. The van der Waals surface area contributed by atoms with Gasteiger partial charge in [-0.05, 0) is 31.6 Å². The van der Waals surface area contributed by atoms with Crippen molar-refractivity contribution in [1.82, 2.24) is 4.31 Å². The summed E-state index contributed by atoms with van der Waals surface area (Å²) in [6.45, 7) is 1.48. The Labute approximate surface area is 120 Å².